The molecular weight excluding hydrogens is 526 g/mol. The standard InChI is InChI=1S/C30H41N5O6/c1-17(2)13-24(33-27(37)21-10-9-20-7-6-12-31-23(20)15-21)28(38)32-22-11-8-19(5)35(16-26(22)36)30(41)34-25(29(39)40)14-18(3)4/h6-7,9-10,12,15,17-19,22,24-25H,8,11,13-14,16H2,1-5H3,(H,32,38)(H,33,37)(H,34,41)(H,39,40)/t19-,22+,24+,25+/m1/s1. The number of hydrogen-bond acceptors (Lipinski definition) is 6. The number of nitrogens with zero attached hydrogens (tertiary/aromatic N) is 2. The number of carboxylic acids is 1. The summed E-state index contributed by atoms with van der Waals surface area (Å²) in [4.78, 5) is 69.8. The van der Waals surface area contributed by atoms with Gasteiger partial charge in [-0.25, -0.2) is 9.59 Å². The number of aliphatic carboxylic acids is 1. The number of pyridine rings is 1. The van der Waals surface area contributed by atoms with Gasteiger partial charge in [0.15, 0.2) is 5.78 Å². The van der Waals surface area contributed by atoms with Crippen molar-refractivity contribution in [2.24, 2.45) is 11.8 Å². The molecule has 0 unspecified atom stereocenters. The normalized spacial score (nSPS) is 19.0. The lowest BCUT2D eigenvalue weighted by Crippen LogP contribution is -2.54. The van der Waals surface area contributed by atoms with Gasteiger partial charge >= 0.3 is 12.0 Å². The summed E-state index contributed by atoms with van der Waals surface area (Å²) >= 11 is 0. The molecule has 1 aliphatic heterocycles. The van der Waals surface area contributed by atoms with Crippen LogP contribution in [0.25, 0.3) is 10.9 Å². The number of rotatable bonds is 10. The van der Waals surface area contributed by atoms with E-state index in [2.05, 4.69) is 20.9 Å². The molecule has 0 aliphatic carbocycles. The Balaban J connectivity index is 1.68. The molecule has 3 rings (SSSR count). The number of carboxylic acid groups (broad SMARTS) is 1. The number of fused-ring (bicyclic) bond motifs is 1. The zero-order valence-electron chi connectivity index (χ0n) is 24.3. The second kappa shape index (κ2) is 14.0. The Hall–Kier alpha value is -4.02. The SMILES string of the molecule is CC(C)C[C@H](NC(=O)N1CC(=O)[C@@H](NC(=O)[C@H](CC(C)C)NC(=O)c2ccc3cccnc3c2)CC[C@H]1C)C(=O)O. The molecule has 2 aromatic rings. The molecule has 41 heavy (non-hydrogen) atoms. The summed E-state index contributed by atoms with van der Waals surface area (Å²) in [5.41, 5.74) is 1.03. The summed E-state index contributed by atoms with van der Waals surface area (Å²) < 4.78 is 0. The second-order valence-electron chi connectivity index (χ2n) is 11.6. The number of amides is 4. The van der Waals surface area contributed by atoms with Crippen LogP contribution in [0.15, 0.2) is 36.5 Å². The van der Waals surface area contributed by atoms with Gasteiger partial charge in [0, 0.05) is 23.2 Å². The van der Waals surface area contributed by atoms with Crippen LogP contribution in [0, 0.1) is 11.8 Å². The molecule has 4 atom stereocenters. The van der Waals surface area contributed by atoms with E-state index in [0.717, 1.165) is 5.39 Å². The average Bonchev–Trinajstić information content (AvgIpc) is 3.05. The van der Waals surface area contributed by atoms with E-state index in [1.54, 1.807) is 31.3 Å². The number of Topliss-reactive ketones (excluding diaryl/α,β-unsaturated/α-hetero) is 1. The average molecular weight is 568 g/mol. The summed E-state index contributed by atoms with van der Waals surface area (Å²) in [6.45, 7) is 9.12. The van der Waals surface area contributed by atoms with Crippen molar-refractivity contribution in [1.29, 1.82) is 0 Å². The van der Waals surface area contributed by atoms with Crippen LogP contribution >= 0.6 is 0 Å². The Bertz CT molecular complexity index is 1280. The van der Waals surface area contributed by atoms with Gasteiger partial charge in [0.05, 0.1) is 18.1 Å². The van der Waals surface area contributed by atoms with Gasteiger partial charge in [0.2, 0.25) is 5.91 Å². The summed E-state index contributed by atoms with van der Waals surface area (Å²) in [7, 11) is 0. The first kappa shape index (κ1) is 31.5. The largest absolute Gasteiger partial charge is 0.480 e. The maximum atomic E-state index is 13.4. The van der Waals surface area contributed by atoms with Gasteiger partial charge in [0.1, 0.15) is 12.1 Å². The van der Waals surface area contributed by atoms with Crippen LogP contribution in [0.5, 0.6) is 0 Å². The van der Waals surface area contributed by atoms with Crippen LogP contribution in [0.1, 0.15) is 70.7 Å². The molecule has 11 nitrogen and oxygen atoms in total. The third-order valence-electron chi connectivity index (χ3n) is 7.20. The maximum absolute atomic E-state index is 13.4. The third kappa shape index (κ3) is 8.73. The van der Waals surface area contributed by atoms with Crippen LogP contribution in [0.4, 0.5) is 4.79 Å². The molecule has 1 aromatic carbocycles. The van der Waals surface area contributed by atoms with Gasteiger partial charge in [-0.2, -0.15) is 0 Å². The Morgan fingerprint density at radius 1 is 1.00 bits per heavy atom. The fraction of sp³-hybridized carbons (Fsp3) is 0.533. The molecule has 1 fully saturated rings. The number of carbonyl (C=O) groups is 5. The first-order valence-electron chi connectivity index (χ1n) is 14.1. The zero-order chi connectivity index (χ0) is 30.3. The van der Waals surface area contributed by atoms with Crippen molar-refractivity contribution < 1.29 is 29.1 Å². The topological polar surface area (TPSA) is 158 Å². The van der Waals surface area contributed by atoms with Gasteiger partial charge in [-0.1, -0.05) is 39.8 Å². The van der Waals surface area contributed by atoms with Crippen LogP contribution in [0.2, 0.25) is 0 Å². The van der Waals surface area contributed by atoms with Gasteiger partial charge < -0.3 is 26.0 Å². The molecule has 1 aromatic heterocycles. The van der Waals surface area contributed by atoms with Crippen molar-refractivity contribution in [3.63, 3.8) is 0 Å². The van der Waals surface area contributed by atoms with E-state index in [1.807, 2.05) is 39.8 Å². The first-order valence-corrected chi connectivity index (χ1v) is 14.1. The number of aromatic nitrogens is 1. The molecule has 0 radical (unpaired) electrons. The Labute approximate surface area is 240 Å². The highest BCUT2D eigenvalue weighted by atomic mass is 16.4. The molecule has 0 spiro atoms. The molecule has 222 valence electrons. The molecule has 11 heteroatoms. The third-order valence-corrected chi connectivity index (χ3v) is 7.20. The summed E-state index contributed by atoms with van der Waals surface area (Å²) in [6.07, 6.45) is 3.00. The van der Waals surface area contributed by atoms with Crippen molar-refractivity contribution in [3.05, 3.63) is 42.1 Å². The summed E-state index contributed by atoms with van der Waals surface area (Å²) in [6, 6.07) is 5.09. The quantitative estimate of drug-likeness (QED) is 0.343. The predicted molar refractivity (Wildman–Crippen MR) is 154 cm³/mol. The minimum Gasteiger partial charge on any atom is -0.480 e. The summed E-state index contributed by atoms with van der Waals surface area (Å²) in [5.74, 6) is -2.25. The molecule has 1 aliphatic rings. The molecular formula is C30H41N5O6. The number of benzene rings is 1. The van der Waals surface area contributed by atoms with Crippen molar-refractivity contribution >= 4 is 40.5 Å². The van der Waals surface area contributed by atoms with Crippen LogP contribution in [-0.2, 0) is 14.4 Å². The van der Waals surface area contributed by atoms with Crippen molar-refractivity contribution in [3.8, 4) is 0 Å². The minimum absolute atomic E-state index is 0.0522. The van der Waals surface area contributed by atoms with E-state index in [9.17, 15) is 29.1 Å². The molecule has 0 saturated carbocycles. The molecule has 4 N–H and O–H groups in total. The van der Waals surface area contributed by atoms with Gasteiger partial charge in [0.25, 0.3) is 5.91 Å². The number of carbonyl (C=O) groups excluding carboxylic acids is 4. The van der Waals surface area contributed by atoms with Crippen LogP contribution in [0.3, 0.4) is 0 Å². The number of ketones is 1. The monoisotopic (exact) mass is 567 g/mol. The Kier molecular flexibility index (Phi) is 10.8. The predicted octanol–water partition coefficient (Wildman–Crippen LogP) is 3.13. The van der Waals surface area contributed by atoms with Crippen LogP contribution < -0.4 is 16.0 Å². The number of likely N-dealkylation sites (tertiary alicyclic amines) is 1. The van der Waals surface area contributed by atoms with E-state index in [0.29, 0.717) is 30.3 Å². The minimum atomic E-state index is -1.14. The van der Waals surface area contributed by atoms with E-state index in [-0.39, 0.29) is 36.6 Å². The van der Waals surface area contributed by atoms with Crippen LogP contribution in [-0.4, -0.2) is 75.3 Å². The lowest BCUT2D eigenvalue weighted by molar-refractivity contribution is -0.139. The highest BCUT2D eigenvalue weighted by Crippen LogP contribution is 2.18. The van der Waals surface area contributed by atoms with Gasteiger partial charge in [-0.15, -0.1) is 0 Å². The Morgan fingerprint density at radius 3 is 2.34 bits per heavy atom. The lowest BCUT2D eigenvalue weighted by Gasteiger charge is -2.28. The number of nitrogens with one attached hydrogen (secondary N) is 3. The smallest absolute Gasteiger partial charge is 0.326 e. The molecule has 2 heterocycles. The fourth-order valence-corrected chi connectivity index (χ4v) is 4.93. The summed E-state index contributed by atoms with van der Waals surface area (Å²) in [5, 5.41) is 18.5. The van der Waals surface area contributed by atoms with E-state index in [4.69, 9.17) is 0 Å². The van der Waals surface area contributed by atoms with Crippen molar-refractivity contribution in [2.75, 3.05) is 6.54 Å². The zero-order valence-corrected chi connectivity index (χ0v) is 24.3. The lowest BCUT2D eigenvalue weighted by atomic mass is 10.0. The molecule has 0 bridgehead atoms. The highest BCUT2D eigenvalue weighted by Gasteiger charge is 2.35. The second-order valence-corrected chi connectivity index (χ2v) is 11.6. The van der Waals surface area contributed by atoms with Gasteiger partial charge in [-0.05, 0) is 62.6 Å². The fourth-order valence-electron chi connectivity index (χ4n) is 4.93. The first-order chi connectivity index (χ1) is 19.3. The maximum Gasteiger partial charge on any atom is 0.326 e. The molecule has 4 amide bonds. The van der Waals surface area contributed by atoms with Crippen molar-refractivity contribution in [2.45, 2.75) is 84.5 Å². The molecule has 1 saturated heterocycles. The van der Waals surface area contributed by atoms with Crippen molar-refractivity contribution in [1.82, 2.24) is 25.8 Å². The van der Waals surface area contributed by atoms with E-state index in [1.165, 1.54) is 4.90 Å². The Morgan fingerprint density at radius 2 is 1.68 bits per heavy atom. The van der Waals surface area contributed by atoms with Gasteiger partial charge in [-0.3, -0.25) is 19.4 Å². The number of hydrogen-bond donors (Lipinski definition) is 4. The van der Waals surface area contributed by atoms with E-state index < -0.39 is 41.9 Å². The number of urea groups is 1. The van der Waals surface area contributed by atoms with E-state index >= 15 is 0 Å². The highest BCUT2D eigenvalue weighted by molar-refractivity contribution is 6.01.